The molecule has 0 aliphatic heterocycles. The zero-order chi connectivity index (χ0) is 17.2. The molecule has 2 rings (SSSR count). The van der Waals surface area contributed by atoms with Gasteiger partial charge in [0.1, 0.15) is 12.4 Å². The lowest BCUT2D eigenvalue weighted by atomic mass is 10.1. The molecule has 0 aliphatic carbocycles. The molecule has 2 aromatic carbocycles. The maximum atomic E-state index is 11.6. The summed E-state index contributed by atoms with van der Waals surface area (Å²) in [6.45, 7) is 0.851. The Labute approximate surface area is 142 Å². The highest BCUT2D eigenvalue weighted by Gasteiger charge is 2.03. The molecule has 2 N–H and O–H groups in total. The topological polar surface area (TPSA) is 67.8 Å². The van der Waals surface area contributed by atoms with E-state index in [-0.39, 0.29) is 13.2 Å². The molecule has 0 atom stereocenters. The monoisotopic (exact) mass is 329 g/mol. The van der Waals surface area contributed by atoms with Crippen molar-refractivity contribution in [2.75, 3.05) is 13.7 Å². The number of benzene rings is 2. The highest BCUT2D eigenvalue weighted by Crippen LogP contribution is 2.12. The standard InChI is InChI=1S/C19H23NO4/c1-23-18-10-8-17(9-11-18)14-24-19(22)20-12-2-3-15-4-6-16(13-21)7-5-15/h4-11,21H,2-3,12-14H2,1H3,(H,20,22). The summed E-state index contributed by atoms with van der Waals surface area (Å²) >= 11 is 0. The second-order valence-corrected chi connectivity index (χ2v) is 5.43. The van der Waals surface area contributed by atoms with Crippen LogP contribution in [0.4, 0.5) is 4.79 Å². The van der Waals surface area contributed by atoms with Gasteiger partial charge in [0.2, 0.25) is 0 Å². The largest absolute Gasteiger partial charge is 0.497 e. The van der Waals surface area contributed by atoms with Gasteiger partial charge in [-0.25, -0.2) is 4.79 Å². The van der Waals surface area contributed by atoms with E-state index in [0.29, 0.717) is 6.54 Å². The number of methoxy groups -OCH3 is 1. The molecule has 0 aromatic heterocycles. The minimum Gasteiger partial charge on any atom is -0.497 e. The van der Waals surface area contributed by atoms with Crippen molar-refractivity contribution in [1.82, 2.24) is 5.32 Å². The van der Waals surface area contributed by atoms with E-state index in [1.54, 1.807) is 7.11 Å². The molecule has 0 spiro atoms. The molecule has 0 radical (unpaired) electrons. The van der Waals surface area contributed by atoms with Crippen molar-refractivity contribution in [3.8, 4) is 5.75 Å². The summed E-state index contributed by atoms with van der Waals surface area (Å²) in [5, 5.41) is 11.7. The minimum absolute atomic E-state index is 0.0574. The van der Waals surface area contributed by atoms with Crippen LogP contribution in [0.3, 0.4) is 0 Å². The first-order valence-electron chi connectivity index (χ1n) is 7.93. The fourth-order valence-electron chi connectivity index (χ4n) is 2.22. The van der Waals surface area contributed by atoms with Crippen LogP contribution in [0.5, 0.6) is 5.75 Å². The second-order valence-electron chi connectivity index (χ2n) is 5.43. The fourth-order valence-corrected chi connectivity index (χ4v) is 2.22. The van der Waals surface area contributed by atoms with E-state index in [1.165, 1.54) is 5.56 Å². The second kappa shape index (κ2) is 9.57. The number of hydrogen-bond donors (Lipinski definition) is 2. The minimum atomic E-state index is -0.415. The molecule has 2 aromatic rings. The predicted molar refractivity (Wildman–Crippen MR) is 91.9 cm³/mol. The number of aliphatic hydroxyl groups excluding tert-OH is 1. The molecule has 0 aliphatic rings. The van der Waals surface area contributed by atoms with Crippen molar-refractivity contribution in [1.29, 1.82) is 0 Å². The zero-order valence-corrected chi connectivity index (χ0v) is 13.8. The first kappa shape index (κ1) is 17.8. The number of aryl methyl sites for hydroxylation is 1. The number of amides is 1. The number of alkyl carbamates (subject to hydrolysis) is 1. The van der Waals surface area contributed by atoms with Crippen LogP contribution in [0.1, 0.15) is 23.1 Å². The van der Waals surface area contributed by atoms with Gasteiger partial charge in [-0.15, -0.1) is 0 Å². The van der Waals surface area contributed by atoms with E-state index >= 15 is 0 Å². The maximum absolute atomic E-state index is 11.6. The van der Waals surface area contributed by atoms with Crippen molar-refractivity contribution in [3.63, 3.8) is 0 Å². The number of carbonyl (C=O) groups excluding carboxylic acids is 1. The first-order valence-corrected chi connectivity index (χ1v) is 7.93. The Bertz CT molecular complexity index is 623. The SMILES string of the molecule is COc1ccc(COC(=O)NCCCc2ccc(CO)cc2)cc1. The van der Waals surface area contributed by atoms with Crippen LogP contribution in [0.15, 0.2) is 48.5 Å². The van der Waals surface area contributed by atoms with Crippen molar-refractivity contribution < 1.29 is 19.4 Å². The average molecular weight is 329 g/mol. The number of ether oxygens (including phenoxy) is 2. The third kappa shape index (κ3) is 5.93. The molecule has 1 amide bonds. The maximum Gasteiger partial charge on any atom is 0.407 e. The molecule has 0 heterocycles. The van der Waals surface area contributed by atoms with Crippen LogP contribution in [0.25, 0.3) is 0 Å². The molecular formula is C19H23NO4. The smallest absolute Gasteiger partial charge is 0.407 e. The third-order valence-corrected chi connectivity index (χ3v) is 3.65. The summed E-state index contributed by atoms with van der Waals surface area (Å²) in [4.78, 5) is 11.6. The van der Waals surface area contributed by atoms with Gasteiger partial charge in [0.25, 0.3) is 0 Å². The van der Waals surface area contributed by atoms with Gasteiger partial charge in [-0.2, -0.15) is 0 Å². The van der Waals surface area contributed by atoms with Crippen LogP contribution in [0.2, 0.25) is 0 Å². The van der Waals surface area contributed by atoms with E-state index < -0.39 is 6.09 Å². The quantitative estimate of drug-likeness (QED) is 0.731. The molecule has 128 valence electrons. The lowest BCUT2D eigenvalue weighted by molar-refractivity contribution is 0.139. The fraction of sp³-hybridized carbons (Fsp3) is 0.316. The van der Waals surface area contributed by atoms with Crippen LogP contribution in [-0.4, -0.2) is 24.9 Å². The third-order valence-electron chi connectivity index (χ3n) is 3.65. The highest BCUT2D eigenvalue weighted by atomic mass is 16.5. The normalized spacial score (nSPS) is 10.2. The number of nitrogens with one attached hydrogen (secondary N) is 1. The Balaban J connectivity index is 1.62. The van der Waals surface area contributed by atoms with E-state index in [9.17, 15) is 4.79 Å². The van der Waals surface area contributed by atoms with Gasteiger partial charge < -0.3 is 19.9 Å². The van der Waals surface area contributed by atoms with E-state index in [4.69, 9.17) is 14.6 Å². The van der Waals surface area contributed by atoms with Crippen molar-refractivity contribution >= 4 is 6.09 Å². The van der Waals surface area contributed by atoms with E-state index in [0.717, 1.165) is 29.7 Å². The summed E-state index contributed by atoms with van der Waals surface area (Å²) < 4.78 is 10.2. The van der Waals surface area contributed by atoms with Gasteiger partial charge >= 0.3 is 6.09 Å². The first-order chi connectivity index (χ1) is 11.7. The van der Waals surface area contributed by atoms with Crippen molar-refractivity contribution in [2.45, 2.75) is 26.1 Å². The van der Waals surface area contributed by atoms with Crippen LogP contribution in [0, 0.1) is 0 Å². The van der Waals surface area contributed by atoms with Crippen LogP contribution >= 0.6 is 0 Å². The van der Waals surface area contributed by atoms with Crippen LogP contribution < -0.4 is 10.1 Å². The number of rotatable bonds is 8. The van der Waals surface area contributed by atoms with E-state index in [1.807, 2.05) is 48.5 Å². The molecule has 5 nitrogen and oxygen atoms in total. The molecular weight excluding hydrogens is 306 g/mol. The Morgan fingerprint density at radius 1 is 1.00 bits per heavy atom. The Hall–Kier alpha value is -2.53. The number of hydrogen-bond acceptors (Lipinski definition) is 4. The molecule has 5 heteroatoms. The lowest BCUT2D eigenvalue weighted by Gasteiger charge is -2.08. The number of aliphatic hydroxyl groups is 1. The molecule has 0 saturated carbocycles. The van der Waals surface area contributed by atoms with Crippen molar-refractivity contribution in [3.05, 3.63) is 65.2 Å². The summed E-state index contributed by atoms with van der Waals surface area (Å²) in [5.74, 6) is 0.773. The predicted octanol–water partition coefficient (Wildman–Crippen LogP) is 3.05. The van der Waals surface area contributed by atoms with Gasteiger partial charge in [0.15, 0.2) is 0 Å². The average Bonchev–Trinajstić information content (AvgIpc) is 2.64. The van der Waals surface area contributed by atoms with Crippen molar-refractivity contribution in [2.24, 2.45) is 0 Å². The van der Waals surface area contributed by atoms with Gasteiger partial charge in [-0.3, -0.25) is 0 Å². The lowest BCUT2D eigenvalue weighted by Crippen LogP contribution is -2.25. The molecule has 0 unspecified atom stereocenters. The van der Waals surface area contributed by atoms with Gasteiger partial charge in [0.05, 0.1) is 13.7 Å². The molecule has 24 heavy (non-hydrogen) atoms. The Morgan fingerprint density at radius 3 is 2.25 bits per heavy atom. The molecule has 0 saturated heterocycles. The Morgan fingerprint density at radius 2 is 1.62 bits per heavy atom. The summed E-state index contributed by atoms with van der Waals surface area (Å²) in [5.41, 5.74) is 2.99. The number of carbonyl (C=O) groups is 1. The van der Waals surface area contributed by atoms with E-state index in [2.05, 4.69) is 5.32 Å². The summed E-state index contributed by atoms with van der Waals surface area (Å²) in [6, 6.07) is 15.2. The molecule has 0 fully saturated rings. The van der Waals surface area contributed by atoms with Gasteiger partial charge in [-0.05, 0) is 41.7 Å². The van der Waals surface area contributed by atoms with Gasteiger partial charge in [0, 0.05) is 6.54 Å². The molecule has 0 bridgehead atoms. The van der Waals surface area contributed by atoms with Gasteiger partial charge in [-0.1, -0.05) is 36.4 Å². The zero-order valence-electron chi connectivity index (χ0n) is 13.8. The Kier molecular flexibility index (Phi) is 7.11. The highest BCUT2D eigenvalue weighted by molar-refractivity contribution is 5.67. The summed E-state index contributed by atoms with van der Waals surface area (Å²) in [6.07, 6.45) is 1.28. The van der Waals surface area contributed by atoms with Crippen LogP contribution in [-0.2, 0) is 24.4 Å². The summed E-state index contributed by atoms with van der Waals surface area (Å²) in [7, 11) is 1.61.